The van der Waals surface area contributed by atoms with E-state index in [0.29, 0.717) is 5.56 Å². The summed E-state index contributed by atoms with van der Waals surface area (Å²) in [5.41, 5.74) is 0.214. The smallest absolute Gasteiger partial charge is 0.326 e. The fourth-order valence-electron chi connectivity index (χ4n) is 1.59. The van der Waals surface area contributed by atoms with E-state index in [1.165, 1.54) is 31.4 Å². The highest BCUT2D eigenvalue weighted by Crippen LogP contribution is 2.28. The van der Waals surface area contributed by atoms with Crippen LogP contribution >= 0.6 is 0 Å². The van der Waals surface area contributed by atoms with Crippen molar-refractivity contribution in [2.24, 2.45) is 0 Å². The molecule has 0 aliphatic carbocycles. The van der Waals surface area contributed by atoms with Crippen LogP contribution in [0.25, 0.3) is 6.08 Å². The van der Waals surface area contributed by atoms with Crippen LogP contribution in [-0.2, 0) is 4.79 Å². The summed E-state index contributed by atoms with van der Waals surface area (Å²) in [6.07, 6.45) is 1.34. The second-order valence-electron chi connectivity index (χ2n) is 3.65. The second-order valence-corrected chi connectivity index (χ2v) is 3.65. The van der Waals surface area contributed by atoms with Crippen molar-refractivity contribution in [3.63, 3.8) is 0 Å². The number of hydrogen-bond donors (Lipinski definition) is 2. The molecule has 1 aliphatic rings. The molecule has 2 N–H and O–H groups in total. The highest BCUT2D eigenvalue weighted by molar-refractivity contribution is 6.14. The Balaban J connectivity index is 2.39. The predicted octanol–water partition coefficient (Wildman–Crippen LogP) is 0.784. The SMILES string of the molecule is COc1ccc(/C=C2/NC(=O)NC2=O)cc1[N+](=O)[O-]. The van der Waals surface area contributed by atoms with E-state index in [1.54, 1.807) is 0 Å². The number of imide groups is 1. The third kappa shape index (κ3) is 2.51. The van der Waals surface area contributed by atoms with Crippen LogP contribution in [0, 0.1) is 10.1 Å². The third-order valence-corrected chi connectivity index (χ3v) is 2.43. The lowest BCUT2D eigenvalue weighted by molar-refractivity contribution is -0.385. The second kappa shape index (κ2) is 4.77. The van der Waals surface area contributed by atoms with Gasteiger partial charge in [0.1, 0.15) is 5.70 Å². The van der Waals surface area contributed by atoms with Crippen LogP contribution in [-0.4, -0.2) is 24.0 Å². The molecule has 0 saturated carbocycles. The molecule has 8 heteroatoms. The monoisotopic (exact) mass is 263 g/mol. The van der Waals surface area contributed by atoms with Crippen LogP contribution < -0.4 is 15.4 Å². The number of urea groups is 1. The normalized spacial score (nSPS) is 16.2. The molecule has 2 rings (SSSR count). The standard InChI is InChI=1S/C11H9N3O5/c1-19-9-3-2-6(5-8(9)14(17)18)4-7-10(15)13-11(16)12-7/h2-5H,1H3,(H2,12,13,15,16)/b7-4+. The van der Waals surface area contributed by atoms with Crippen molar-refractivity contribution in [1.29, 1.82) is 0 Å². The number of carbonyl (C=O) groups is 2. The molecule has 0 bridgehead atoms. The first kappa shape index (κ1) is 12.6. The lowest BCUT2D eigenvalue weighted by Gasteiger charge is -2.02. The first-order valence-electron chi connectivity index (χ1n) is 5.17. The highest BCUT2D eigenvalue weighted by Gasteiger charge is 2.23. The van der Waals surface area contributed by atoms with Gasteiger partial charge in [-0.25, -0.2) is 4.79 Å². The van der Waals surface area contributed by atoms with E-state index in [4.69, 9.17) is 4.74 Å². The Hall–Kier alpha value is -2.90. The molecule has 0 spiro atoms. The molecule has 1 saturated heterocycles. The lowest BCUT2D eigenvalue weighted by atomic mass is 10.1. The minimum absolute atomic E-state index is 0.0319. The number of rotatable bonds is 3. The quantitative estimate of drug-likeness (QED) is 0.362. The van der Waals surface area contributed by atoms with E-state index in [1.807, 2.05) is 5.32 Å². The highest BCUT2D eigenvalue weighted by atomic mass is 16.6. The lowest BCUT2D eigenvalue weighted by Crippen LogP contribution is -2.22. The molecular weight excluding hydrogens is 254 g/mol. The Morgan fingerprint density at radius 3 is 2.58 bits per heavy atom. The number of carbonyl (C=O) groups excluding carboxylic acids is 2. The molecule has 1 heterocycles. The Kier molecular flexibility index (Phi) is 3.15. The number of methoxy groups -OCH3 is 1. The van der Waals surface area contributed by atoms with Crippen LogP contribution in [0.1, 0.15) is 5.56 Å². The number of benzene rings is 1. The maximum absolute atomic E-state index is 11.3. The predicted molar refractivity (Wildman–Crippen MR) is 64.3 cm³/mol. The first-order chi connectivity index (χ1) is 9.01. The van der Waals surface area contributed by atoms with Gasteiger partial charge in [0, 0.05) is 6.07 Å². The Morgan fingerprint density at radius 2 is 2.05 bits per heavy atom. The molecule has 3 amide bonds. The van der Waals surface area contributed by atoms with Crippen molar-refractivity contribution in [2.45, 2.75) is 0 Å². The number of hydrogen-bond acceptors (Lipinski definition) is 5. The Labute approximate surface area is 107 Å². The zero-order valence-corrected chi connectivity index (χ0v) is 9.80. The van der Waals surface area contributed by atoms with Crippen molar-refractivity contribution in [2.75, 3.05) is 7.11 Å². The zero-order valence-electron chi connectivity index (χ0n) is 9.80. The molecule has 1 fully saturated rings. The number of nitrogens with zero attached hydrogens (tertiary/aromatic N) is 1. The van der Waals surface area contributed by atoms with Crippen molar-refractivity contribution < 1.29 is 19.2 Å². The molecule has 19 heavy (non-hydrogen) atoms. The molecule has 0 radical (unpaired) electrons. The maximum Gasteiger partial charge on any atom is 0.326 e. The fraction of sp³-hybridized carbons (Fsp3) is 0.0909. The number of ether oxygens (including phenoxy) is 1. The van der Waals surface area contributed by atoms with Gasteiger partial charge in [0.15, 0.2) is 5.75 Å². The summed E-state index contributed by atoms with van der Waals surface area (Å²) in [4.78, 5) is 32.5. The van der Waals surface area contributed by atoms with Crippen LogP contribution in [0.4, 0.5) is 10.5 Å². The van der Waals surface area contributed by atoms with Gasteiger partial charge in [0.2, 0.25) is 0 Å². The van der Waals surface area contributed by atoms with Crippen molar-refractivity contribution in [3.05, 3.63) is 39.6 Å². The van der Waals surface area contributed by atoms with Gasteiger partial charge in [-0.3, -0.25) is 20.2 Å². The first-order valence-corrected chi connectivity index (χ1v) is 5.17. The summed E-state index contributed by atoms with van der Waals surface area (Å²) in [6, 6.07) is 3.58. The Morgan fingerprint density at radius 1 is 1.32 bits per heavy atom. The average molecular weight is 263 g/mol. The summed E-state index contributed by atoms with van der Waals surface area (Å²) < 4.78 is 4.86. The largest absolute Gasteiger partial charge is 0.490 e. The molecule has 98 valence electrons. The van der Waals surface area contributed by atoms with Gasteiger partial charge < -0.3 is 10.1 Å². The molecule has 0 unspecified atom stereocenters. The molecule has 1 aromatic carbocycles. The molecule has 1 aliphatic heterocycles. The van der Waals surface area contributed by atoms with Gasteiger partial charge in [-0.1, -0.05) is 6.07 Å². The van der Waals surface area contributed by atoms with E-state index in [2.05, 4.69) is 5.32 Å². The summed E-state index contributed by atoms with van der Waals surface area (Å²) in [7, 11) is 1.32. The van der Waals surface area contributed by atoms with E-state index >= 15 is 0 Å². The van der Waals surface area contributed by atoms with Crippen LogP contribution in [0.15, 0.2) is 23.9 Å². The van der Waals surface area contributed by atoms with Gasteiger partial charge in [0.25, 0.3) is 5.91 Å². The molecule has 0 aromatic heterocycles. The topological polar surface area (TPSA) is 111 Å². The van der Waals surface area contributed by atoms with E-state index < -0.39 is 16.9 Å². The van der Waals surface area contributed by atoms with Gasteiger partial charge in [-0.15, -0.1) is 0 Å². The van der Waals surface area contributed by atoms with Gasteiger partial charge in [0.05, 0.1) is 12.0 Å². The van der Waals surface area contributed by atoms with Crippen molar-refractivity contribution in [3.8, 4) is 5.75 Å². The minimum Gasteiger partial charge on any atom is -0.490 e. The summed E-state index contributed by atoms with van der Waals surface area (Å²) in [5, 5.41) is 15.2. The Bertz CT molecular complexity index is 608. The number of nitro groups is 1. The average Bonchev–Trinajstić information content (AvgIpc) is 2.67. The van der Waals surface area contributed by atoms with E-state index in [-0.39, 0.29) is 17.1 Å². The van der Waals surface area contributed by atoms with Gasteiger partial charge in [-0.05, 0) is 17.7 Å². The van der Waals surface area contributed by atoms with Crippen LogP contribution in [0.3, 0.4) is 0 Å². The van der Waals surface area contributed by atoms with Crippen molar-refractivity contribution >= 4 is 23.7 Å². The maximum atomic E-state index is 11.3. The molecule has 0 atom stereocenters. The third-order valence-electron chi connectivity index (χ3n) is 2.43. The van der Waals surface area contributed by atoms with Gasteiger partial charge in [-0.2, -0.15) is 0 Å². The summed E-state index contributed by atoms with van der Waals surface area (Å²) in [5.74, 6) is -0.462. The van der Waals surface area contributed by atoms with E-state index in [9.17, 15) is 19.7 Å². The fourth-order valence-corrected chi connectivity index (χ4v) is 1.59. The summed E-state index contributed by atoms with van der Waals surface area (Å²) in [6.45, 7) is 0. The van der Waals surface area contributed by atoms with Crippen LogP contribution in [0.5, 0.6) is 5.75 Å². The summed E-state index contributed by atoms with van der Waals surface area (Å²) >= 11 is 0. The van der Waals surface area contributed by atoms with E-state index in [0.717, 1.165) is 0 Å². The van der Waals surface area contributed by atoms with Crippen molar-refractivity contribution in [1.82, 2.24) is 10.6 Å². The minimum atomic E-state index is -0.626. The molecular formula is C11H9N3O5. The molecule has 1 aromatic rings. The zero-order chi connectivity index (χ0) is 14.0. The van der Waals surface area contributed by atoms with Crippen LogP contribution in [0.2, 0.25) is 0 Å². The number of nitrogens with one attached hydrogen (secondary N) is 2. The molecule has 8 nitrogen and oxygen atoms in total. The van der Waals surface area contributed by atoms with Gasteiger partial charge >= 0.3 is 11.7 Å². The number of amides is 3. The number of nitro benzene ring substituents is 1.